The van der Waals surface area contributed by atoms with Crippen LogP contribution in [0.5, 0.6) is 0 Å². The van der Waals surface area contributed by atoms with E-state index in [1.54, 1.807) is 0 Å². The highest BCUT2D eigenvalue weighted by molar-refractivity contribution is 7.88. The van der Waals surface area contributed by atoms with Crippen molar-refractivity contribution in [1.82, 2.24) is 5.32 Å². The fourth-order valence-corrected chi connectivity index (χ4v) is 4.46. The molecule has 5 heteroatoms. The molecule has 0 bridgehead atoms. The van der Waals surface area contributed by atoms with E-state index in [2.05, 4.69) is 43.4 Å². The summed E-state index contributed by atoms with van der Waals surface area (Å²) in [6, 6.07) is 14.4. The summed E-state index contributed by atoms with van der Waals surface area (Å²) < 4.78 is 17.1. The fourth-order valence-electron chi connectivity index (χ4n) is 2.96. The molecule has 2 aromatic carbocycles. The summed E-state index contributed by atoms with van der Waals surface area (Å²) >= 11 is -1.23. The lowest BCUT2D eigenvalue weighted by molar-refractivity contribution is 0.675. The maximum Gasteiger partial charge on any atom is 0.230 e. The van der Waals surface area contributed by atoms with E-state index in [0.717, 1.165) is 42.1 Å². The quantitative estimate of drug-likeness (QED) is 0.853. The van der Waals surface area contributed by atoms with Gasteiger partial charge >= 0.3 is 0 Å². The number of nitrogens with zero attached hydrogens (tertiary/aromatic N) is 2. The normalized spacial score (nSPS) is 16.7. The number of hydrogen-bond acceptors (Lipinski definition) is 2. The number of anilines is 3. The molecule has 0 amide bonds. The molecule has 1 aliphatic rings. The number of nitrogens with one attached hydrogen (secondary N) is 1. The molecule has 1 atom stereocenters. The standard InChI is InChI=1S/C18H23N3OS/c1-14-9-10-16(15(2)13-14)21-18-8-5-4-7-17(18)20(23(21)22)12-6-11-19-3/h4-5,7-10,13,19H,6,11-12H2,1-3H3. The van der Waals surface area contributed by atoms with Crippen molar-refractivity contribution in [3.63, 3.8) is 0 Å². The lowest BCUT2D eigenvalue weighted by atomic mass is 10.1. The number of fused-ring (bicyclic) bond motifs is 1. The van der Waals surface area contributed by atoms with Gasteiger partial charge < -0.3 is 5.32 Å². The van der Waals surface area contributed by atoms with E-state index in [1.807, 2.05) is 33.9 Å². The molecular formula is C18H23N3OS. The lowest BCUT2D eigenvalue weighted by Crippen LogP contribution is -2.31. The van der Waals surface area contributed by atoms with E-state index in [9.17, 15) is 4.21 Å². The van der Waals surface area contributed by atoms with Crippen LogP contribution < -0.4 is 13.9 Å². The summed E-state index contributed by atoms with van der Waals surface area (Å²) in [5, 5.41) is 3.15. The predicted octanol–water partition coefficient (Wildman–Crippen LogP) is 3.45. The Morgan fingerprint density at radius 1 is 1.04 bits per heavy atom. The summed E-state index contributed by atoms with van der Waals surface area (Å²) in [5.41, 5.74) is 5.43. The summed E-state index contributed by atoms with van der Waals surface area (Å²) in [4.78, 5) is 0. The molecule has 1 aliphatic heterocycles. The van der Waals surface area contributed by atoms with E-state index in [0.29, 0.717) is 0 Å². The zero-order valence-electron chi connectivity index (χ0n) is 13.9. The summed E-state index contributed by atoms with van der Waals surface area (Å²) in [6.07, 6.45) is 0.956. The molecule has 0 saturated heterocycles. The highest BCUT2D eigenvalue weighted by Gasteiger charge is 2.34. The van der Waals surface area contributed by atoms with Crippen molar-refractivity contribution in [1.29, 1.82) is 0 Å². The minimum absolute atomic E-state index is 0.770. The Balaban J connectivity index is 2.00. The van der Waals surface area contributed by atoms with Crippen molar-refractivity contribution in [3.8, 4) is 0 Å². The smallest absolute Gasteiger partial charge is 0.230 e. The second-order valence-corrected chi connectivity index (χ2v) is 7.13. The van der Waals surface area contributed by atoms with E-state index < -0.39 is 11.2 Å². The van der Waals surface area contributed by atoms with Gasteiger partial charge in [0.25, 0.3) is 0 Å². The topological polar surface area (TPSA) is 35.6 Å². The fraction of sp³-hybridized carbons (Fsp3) is 0.333. The van der Waals surface area contributed by atoms with Gasteiger partial charge in [0.2, 0.25) is 11.2 Å². The third kappa shape index (κ3) is 2.99. The van der Waals surface area contributed by atoms with Gasteiger partial charge in [0.15, 0.2) is 0 Å². The molecule has 23 heavy (non-hydrogen) atoms. The molecular weight excluding hydrogens is 306 g/mol. The molecule has 122 valence electrons. The first-order valence-electron chi connectivity index (χ1n) is 7.94. The van der Waals surface area contributed by atoms with Crippen molar-refractivity contribution in [2.24, 2.45) is 0 Å². The number of hydrogen-bond donors (Lipinski definition) is 1. The molecule has 2 aromatic rings. The monoisotopic (exact) mass is 329 g/mol. The second kappa shape index (κ2) is 6.72. The first-order chi connectivity index (χ1) is 11.1. The molecule has 0 aliphatic carbocycles. The van der Waals surface area contributed by atoms with Crippen LogP contribution >= 0.6 is 0 Å². The SMILES string of the molecule is CNCCCN1c2ccccc2N(c2ccc(C)cc2C)S1=O. The van der Waals surface area contributed by atoms with Crippen LogP contribution in [0.15, 0.2) is 42.5 Å². The van der Waals surface area contributed by atoms with Crippen molar-refractivity contribution in [2.75, 3.05) is 28.7 Å². The van der Waals surface area contributed by atoms with Crippen LogP contribution in [0.2, 0.25) is 0 Å². The molecule has 0 radical (unpaired) electrons. The number of rotatable bonds is 5. The molecule has 1 unspecified atom stereocenters. The van der Waals surface area contributed by atoms with Gasteiger partial charge in [0.05, 0.1) is 17.1 Å². The molecule has 3 rings (SSSR count). The third-order valence-electron chi connectivity index (χ3n) is 4.07. The Hall–Kier alpha value is -1.85. The molecule has 0 aromatic heterocycles. The van der Waals surface area contributed by atoms with Crippen LogP contribution in [-0.2, 0) is 11.2 Å². The highest BCUT2D eigenvalue weighted by atomic mass is 32.2. The molecule has 0 saturated carbocycles. The van der Waals surface area contributed by atoms with Crippen molar-refractivity contribution < 1.29 is 4.21 Å². The predicted molar refractivity (Wildman–Crippen MR) is 98.5 cm³/mol. The Labute approximate surface area is 140 Å². The zero-order chi connectivity index (χ0) is 16.4. The number of para-hydroxylation sites is 2. The van der Waals surface area contributed by atoms with Gasteiger partial charge in [-0.25, -0.2) is 8.51 Å². The Bertz CT molecular complexity index is 732. The Kier molecular flexibility index (Phi) is 4.68. The van der Waals surface area contributed by atoms with Crippen molar-refractivity contribution in [3.05, 3.63) is 53.6 Å². The number of aryl methyl sites for hydroxylation is 2. The van der Waals surface area contributed by atoms with E-state index >= 15 is 0 Å². The average Bonchev–Trinajstić information content (AvgIpc) is 2.81. The van der Waals surface area contributed by atoms with Gasteiger partial charge in [0.1, 0.15) is 0 Å². The first-order valence-corrected chi connectivity index (χ1v) is 9.00. The maximum atomic E-state index is 13.1. The second-order valence-electron chi connectivity index (χ2n) is 5.86. The molecule has 0 spiro atoms. The summed E-state index contributed by atoms with van der Waals surface area (Å²) in [7, 11) is 1.94. The largest absolute Gasteiger partial charge is 0.320 e. The Morgan fingerprint density at radius 3 is 2.48 bits per heavy atom. The first kappa shape index (κ1) is 16.0. The van der Waals surface area contributed by atoms with Crippen LogP contribution in [0.25, 0.3) is 0 Å². The Morgan fingerprint density at radius 2 is 1.78 bits per heavy atom. The van der Waals surface area contributed by atoms with Crippen LogP contribution in [0.4, 0.5) is 17.1 Å². The summed E-state index contributed by atoms with van der Waals surface area (Å²) in [6.45, 7) is 5.84. The zero-order valence-corrected chi connectivity index (χ0v) is 14.7. The van der Waals surface area contributed by atoms with Gasteiger partial charge in [-0.3, -0.25) is 4.31 Å². The molecule has 4 nitrogen and oxygen atoms in total. The van der Waals surface area contributed by atoms with Gasteiger partial charge in [-0.05, 0) is 57.6 Å². The van der Waals surface area contributed by atoms with Gasteiger partial charge in [-0.1, -0.05) is 29.8 Å². The number of benzene rings is 2. The van der Waals surface area contributed by atoms with Crippen molar-refractivity contribution >= 4 is 28.2 Å². The minimum atomic E-state index is -1.23. The van der Waals surface area contributed by atoms with Gasteiger partial charge in [-0.15, -0.1) is 0 Å². The highest BCUT2D eigenvalue weighted by Crippen LogP contribution is 2.44. The van der Waals surface area contributed by atoms with E-state index in [4.69, 9.17) is 0 Å². The molecule has 1 heterocycles. The van der Waals surface area contributed by atoms with E-state index in [-0.39, 0.29) is 0 Å². The van der Waals surface area contributed by atoms with Crippen molar-refractivity contribution in [2.45, 2.75) is 20.3 Å². The third-order valence-corrected chi connectivity index (χ3v) is 5.54. The summed E-state index contributed by atoms with van der Waals surface area (Å²) in [5.74, 6) is 0. The van der Waals surface area contributed by atoms with Crippen LogP contribution in [0, 0.1) is 13.8 Å². The lowest BCUT2D eigenvalue weighted by Gasteiger charge is -2.21. The van der Waals surface area contributed by atoms with Crippen LogP contribution in [0.3, 0.4) is 0 Å². The average molecular weight is 329 g/mol. The maximum absolute atomic E-state index is 13.1. The van der Waals surface area contributed by atoms with E-state index in [1.165, 1.54) is 5.56 Å². The van der Waals surface area contributed by atoms with Crippen LogP contribution in [0.1, 0.15) is 17.5 Å². The molecule has 1 N–H and O–H groups in total. The molecule has 0 fully saturated rings. The minimum Gasteiger partial charge on any atom is -0.320 e. The van der Waals surface area contributed by atoms with Crippen LogP contribution in [-0.4, -0.2) is 24.3 Å². The van der Waals surface area contributed by atoms with Gasteiger partial charge in [-0.2, -0.15) is 0 Å². The van der Waals surface area contributed by atoms with Gasteiger partial charge in [0, 0.05) is 6.54 Å².